The van der Waals surface area contributed by atoms with Crippen LogP contribution in [-0.4, -0.2) is 75.3 Å². The number of piperazine rings is 1. The molecule has 3 N–H and O–H groups in total. The standard InChI is InChI=1S/C26H33N5O4S/c1-27-36(34,35)17-7-9-23-20(15-17)21(26(33)29-23)16-24-19(18-5-3-4-6-22(18)28-24)8-10-25(32)31-13-11-30(2)12-14-31/h7,9,15-16,27-28H,3-6,8,10-14H2,1-2H3,(H,29,33)/b21-16+. The lowest BCUT2D eigenvalue weighted by atomic mass is 9.92. The van der Waals surface area contributed by atoms with Crippen LogP contribution >= 0.6 is 0 Å². The van der Waals surface area contributed by atoms with Crippen LogP contribution in [-0.2, 0) is 38.9 Å². The third kappa shape index (κ3) is 4.72. The minimum absolute atomic E-state index is 0.106. The van der Waals surface area contributed by atoms with Crippen LogP contribution in [0.25, 0.3) is 11.6 Å². The number of fused-ring (bicyclic) bond motifs is 2. The Morgan fingerprint density at radius 3 is 2.64 bits per heavy atom. The Kier molecular flexibility index (Phi) is 6.76. The number of aromatic amines is 1. The molecule has 1 aliphatic carbocycles. The maximum atomic E-state index is 13.0. The Morgan fingerprint density at radius 1 is 1.14 bits per heavy atom. The predicted octanol–water partition coefficient (Wildman–Crippen LogP) is 2.00. The molecule has 10 heteroatoms. The lowest BCUT2D eigenvalue weighted by Gasteiger charge is -2.32. The van der Waals surface area contributed by atoms with Gasteiger partial charge >= 0.3 is 0 Å². The highest BCUT2D eigenvalue weighted by Crippen LogP contribution is 2.37. The van der Waals surface area contributed by atoms with E-state index in [-0.39, 0.29) is 16.7 Å². The number of nitrogens with one attached hydrogen (secondary N) is 3. The van der Waals surface area contributed by atoms with E-state index in [9.17, 15) is 18.0 Å². The summed E-state index contributed by atoms with van der Waals surface area (Å²) >= 11 is 0. The molecule has 1 fully saturated rings. The molecule has 2 aromatic rings. The van der Waals surface area contributed by atoms with Gasteiger partial charge in [-0.25, -0.2) is 13.1 Å². The molecule has 0 bridgehead atoms. The van der Waals surface area contributed by atoms with E-state index in [2.05, 4.69) is 27.0 Å². The van der Waals surface area contributed by atoms with E-state index in [1.165, 1.54) is 30.4 Å². The molecule has 36 heavy (non-hydrogen) atoms. The van der Waals surface area contributed by atoms with Crippen LogP contribution in [0.4, 0.5) is 5.69 Å². The van der Waals surface area contributed by atoms with Crippen molar-refractivity contribution < 1.29 is 18.0 Å². The van der Waals surface area contributed by atoms with E-state index < -0.39 is 10.0 Å². The fraction of sp³-hybridized carbons (Fsp3) is 0.462. The summed E-state index contributed by atoms with van der Waals surface area (Å²) in [5, 5.41) is 2.84. The van der Waals surface area contributed by atoms with Crippen molar-refractivity contribution in [1.29, 1.82) is 0 Å². The summed E-state index contributed by atoms with van der Waals surface area (Å²) < 4.78 is 27.0. The molecule has 2 aliphatic heterocycles. The molecule has 5 rings (SSSR count). The number of H-pyrrole nitrogens is 1. The van der Waals surface area contributed by atoms with Crippen molar-refractivity contribution >= 4 is 39.2 Å². The first-order chi connectivity index (χ1) is 17.3. The van der Waals surface area contributed by atoms with Crippen LogP contribution in [0.15, 0.2) is 23.1 Å². The number of hydrogen-bond acceptors (Lipinski definition) is 5. The molecule has 0 atom stereocenters. The zero-order chi connectivity index (χ0) is 25.4. The van der Waals surface area contributed by atoms with Gasteiger partial charge in [0.2, 0.25) is 15.9 Å². The first-order valence-electron chi connectivity index (χ1n) is 12.6. The predicted molar refractivity (Wildman–Crippen MR) is 139 cm³/mol. The highest BCUT2D eigenvalue weighted by Gasteiger charge is 2.28. The quantitative estimate of drug-likeness (QED) is 0.514. The minimum Gasteiger partial charge on any atom is -0.358 e. The number of hydrogen-bond donors (Lipinski definition) is 3. The van der Waals surface area contributed by atoms with E-state index in [0.717, 1.165) is 63.1 Å². The van der Waals surface area contributed by atoms with E-state index in [0.29, 0.717) is 29.7 Å². The van der Waals surface area contributed by atoms with Gasteiger partial charge in [0.05, 0.1) is 10.5 Å². The van der Waals surface area contributed by atoms with Gasteiger partial charge in [-0.15, -0.1) is 0 Å². The van der Waals surface area contributed by atoms with Gasteiger partial charge in [0.15, 0.2) is 0 Å². The number of anilines is 1. The normalized spacial score (nSPS) is 19.3. The highest BCUT2D eigenvalue weighted by molar-refractivity contribution is 7.89. The third-order valence-electron chi connectivity index (χ3n) is 7.53. The van der Waals surface area contributed by atoms with Gasteiger partial charge in [0.1, 0.15) is 0 Å². The molecular formula is C26H33N5O4S. The number of amides is 2. The summed E-state index contributed by atoms with van der Waals surface area (Å²) in [7, 11) is -0.211. The Labute approximate surface area is 212 Å². The molecule has 9 nitrogen and oxygen atoms in total. The second-order valence-corrected chi connectivity index (χ2v) is 11.7. The van der Waals surface area contributed by atoms with Gasteiger partial charge in [0, 0.05) is 55.2 Å². The number of likely N-dealkylation sites (N-methyl/N-ethyl adjacent to an activating group) is 1. The number of carbonyl (C=O) groups excluding carboxylic acids is 2. The Hall–Kier alpha value is -2.95. The van der Waals surface area contributed by atoms with Crippen LogP contribution in [0.5, 0.6) is 0 Å². The van der Waals surface area contributed by atoms with Crippen molar-refractivity contribution in [1.82, 2.24) is 19.5 Å². The molecule has 192 valence electrons. The lowest BCUT2D eigenvalue weighted by molar-refractivity contribution is -0.132. The molecule has 1 saturated heterocycles. The van der Waals surface area contributed by atoms with Crippen molar-refractivity contribution in [2.45, 2.75) is 43.4 Å². The van der Waals surface area contributed by atoms with E-state index >= 15 is 0 Å². The second-order valence-electron chi connectivity index (χ2n) is 9.79. The minimum atomic E-state index is -3.65. The number of rotatable bonds is 6. The average molecular weight is 512 g/mol. The van der Waals surface area contributed by atoms with E-state index in [1.54, 1.807) is 6.07 Å². The van der Waals surface area contributed by atoms with Crippen LogP contribution in [0.2, 0.25) is 0 Å². The van der Waals surface area contributed by atoms with Gasteiger partial charge < -0.3 is 20.1 Å². The van der Waals surface area contributed by atoms with E-state index in [1.807, 2.05) is 11.0 Å². The number of benzene rings is 1. The largest absolute Gasteiger partial charge is 0.358 e. The number of carbonyl (C=O) groups is 2. The smallest absolute Gasteiger partial charge is 0.256 e. The lowest BCUT2D eigenvalue weighted by Crippen LogP contribution is -2.47. The Morgan fingerprint density at radius 2 is 1.89 bits per heavy atom. The van der Waals surface area contributed by atoms with Gasteiger partial charge in [-0.3, -0.25) is 9.59 Å². The van der Waals surface area contributed by atoms with Crippen molar-refractivity contribution in [3.8, 4) is 0 Å². The van der Waals surface area contributed by atoms with Crippen LogP contribution in [0, 0.1) is 0 Å². The van der Waals surface area contributed by atoms with Crippen LogP contribution < -0.4 is 10.0 Å². The molecule has 0 unspecified atom stereocenters. The van der Waals surface area contributed by atoms with Gasteiger partial charge in [0.25, 0.3) is 5.91 Å². The van der Waals surface area contributed by atoms with Crippen molar-refractivity contribution in [3.63, 3.8) is 0 Å². The summed E-state index contributed by atoms with van der Waals surface area (Å²) in [6.45, 7) is 3.30. The maximum absolute atomic E-state index is 13.0. The number of aromatic nitrogens is 1. The Balaban J connectivity index is 1.47. The summed E-state index contributed by atoms with van der Waals surface area (Å²) in [5.41, 5.74) is 5.95. The van der Waals surface area contributed by atoms with Crippen LogP contribution in [0.1, 0.15) is 47.3 Å². The third-order valence-corrected chi connectivity index (χ3v) is 8.94. The van der Waals surface area contributed by atoms with E-state index in [4.69, 9.17) is 0 Å². The molecule has 0 saturated carbocycles. The van der Waals surface area contributed by atoms with Crippen LogP contribution in [0.3, 0.4) is 0 Å². The first-order valence-corrected chi connectivity index (χ1v) is 14.0. The molecular weight excluding hydrogens is 478 g/mol. The molecule has 0 radical (unpaired) electrons. The average Bonchev–Trinajstić information content (AvgIpc) is 3.39. The zero-order valence-corrected chi connectivity index (χ0v) is 21.6. The zero-order valence-electron chi connectivity index (χ0n) is 20.8. The summed E-state index contributed by atoms with van der Waals surface area (Å²) in [4.78, 5) is 33.7. The summed E-state index contributed by atoms with van der Waals surface area (Å²) in [6, 6.07) is 4.63. The highest BCUT2D eigenvalue weighted by atomic mass is 32.2. The molecule has 3 heterocycles. The number of nitrogens with zero attached hydrogens (tertiary/aromatic N) is 2. The monoisotopic (exact) mass is 511 g/mol. The Bertz CT molecular complexity index is 1340. The fourth-order valence-corrected chi connectivity index (χ4v) is 6.13. The van der Waals surface area contributed by atoms with Gasteiger partial charge in [-0.05, 0) is 81.6 Å². The van der Waals surface area contributed by atoms with Crippen molar-refractivity contribution in [2.75, 3.05) is 45.6 Å². The molecule has 3 aliphatic rings. The molecule has 0 spiro atoms. The number of sulfonamides is 1. The second kappa shape index (κ2) is 9.84. The maximum Gasteiger partial charge on any atom is 0.256 e. The summed E-state index contributed by atoms with van der Waals surface area (Å²) in [5.74, 6) is -0.102. The molecule has 1 aromatic carbocycles. The molecule has 1 aromatic heterocycles. The van der Waals surface area contributed by atoms with Gasteiger partial charge in [-0.1, -0.05) is 0 Å². The number of aryl methyl sites for hydroxylation is 1. The summed E-state index contributed by atoms with van der Waals surface area (Å²) in [6.07, 6.45) is 6.99. The van der Waals surface area contributed by atoms with Gasteiger partial charge in [-0.2, -0.15) is 0 Å². The SMILES string of the molecule is CNS(=O)(=O)c1ccc2c(c1)/C(=C\c1[nH]c3c(c1CCC(=O)N1CCN(C)CC1)CCCC3)C(=O)N2. The molecule has 2 amide bonds. The van der Waals surface area contributed by atoms with Crippen molar-refractivity contribution in [3.05, 3.63) is 46.3 Å². The topological polar surface area (TPSA) is 115 Å². The van der Waals surface area contributed by atoms with Crippen molar-refractivity contribution in [2.24, 2.45) is 0 Å². The fourth-order valence-electron chi connectivity index (χ4n) is 5.37. The first kappa shape index (κ1) is 24.7.